The van der Waals surface area contributed by atoms with Crippen LogP contribution >= 0.6 is 0 Å². The van der Waals surface area contributed by atoms with Gasteiger partial charge in [0.15, 0.2) is 39.4 Å². The molecule has 0 unspecified atom stereocenters. The molecular formula is C8H28N4Si4. The highest BCUT2D eigenvalue weighted by atomic mass is 28.4. The summed E-state index contributed by atoms with van der Waals surface area (Å²) in [4.78, 5) is 0. The largest absolute Gasteiger partial charge is 0.332 e. The maximum atomic E-state index is 2.86. The minimum atomic E-state index is -0.0738. The summed E-state index contributed by atoms with van der Waals surface area (Å²) in [6.07, 6.45) is 0. The molecule has 16 heavy (non-hydrogen) atoms. The van der Waals surface area contributed by atoms with Crippen molar-refractivity contribution in [1.82, 2.24) is 16.9 Å². The third-order valence-electron chi connectivity index (χ3n) is 3.39. The summed E-state index contributed by atoms with van der Waals surface area (Å²) in [7, 11) is -0.295. The van der Waals surface area contributed by atoms with Crippen LogP contribution in [0.2, 0.25) is 0 Å². The highest BCUT2D eigenvalue weighted by Crippen LogP contribution is 1.99. The van der Waals surface area contributed by atoms with Crippen LogP contribution in [0.5, 0.6) is 0 Å². The standard InChI is InChI=1S/C8H28N4Si4/c1-5-9-13-10(6-2)15-12(8-4)16-11(7-3)14-9/h5-8,13-16H2,1-4H3. The van der Waals surface area contributed by atoms with Crippen molar-refractivity contribution in [3.05, 3.63) is 0 Å². The first-order valence-corrected chi connectivity index (χ1v) is 11.7. The molecule has 1 aliphatic heterocycles. The van der Waals surface area contributed by atoms with E-state index in [0.717, 1.165) is 0 Å². The fourth-order valence-corrected chi connectivity index (χ4v) is 17.6. The Kier molecular flexibility index (Phi) is 7.31. The van der Waals surface area contributed by atoms with E-state index in [9.17, 15) is 0 Å². The summed E-state index contributed by atoms with van der Waals surface area (Å²) < 4.78 is 11.4. The Morgan fingerprint density at radius 3 is 0.812 bits per heavy atom. The van der Waals surface area contributed by atoms with Gasteiger partial charge in [-0.15, -0.1) is 0 Å². The van der Waals surface area contributed by atoms with Crippen molar-refractivity contribution in [2.24, 2.45) is 0 Å². The summed E-state index contributed by atoms with van der Waals surface area (Å²) in [6.45, 7) is 14.6. The van der Waals surface area contributed by atoms with E-state index in [2.05, 4.69) is 44.6 Å². The molecule has 0 bridgehead atoms. The van der Waals surface area contributed by atoms with Crippen molar-refractivity contribution in [2.75, 3.05) is 26.2 Å². The fourth-order valence-electron chi connectivity index (χ4n) is 2.11. The molecule has 0 aromatic carbocycles. The quantitative estimate of drug-likeness (QED) is 0.522. The van der Waals surface area contributed by atoms with Gasteiger partial charge in [0.05, 0.1) is 0 Å². The second kappa shape index (κ2) is 7.92. The van der Waals surface area contributed by atoms with Gasteiger partial charge in [0.25, 0.3) is 0 Å². The zero-order valence-corrected chi connectivity index (χ0v) is 17.1. The lowest BCUT2D eigenvalue weighted by molar-refractivity contribution is 0.506. The summed E-state index contributed by atoms with van der Waals surface area (Å²) in [6, 6.07) is 0. The summed E-state index contributed by atoms with van der Waals surface area (Å²) >= 11 is 0. The molecule has 0 radical (unpaired) electrons. The Hall–Kier alpha value is 0.708. The molecule has 0 atom stereocenters. The molecule has 1 heterocycles. The molecule has 8 heteroatoms. The predicted octanol–water partition coefficient (Wildman–Crippen LogP) is -2.72. The minimum absolute atomic E-state index is 0.0738. The first kappa shape index (κ1) is 14.8. The molecule has 0 aromatic rings. The van der Waals surface area contributed by atoms with E-state index in [1.807, 2.05) is 0 Å². The molecule has 1 rings (SSSR count). The van der Waals surface area contributed by atoms with Crippen LogP contribution in [0.25, 0.3) is 0 Å². The van der Waals surface area contributed by atoms with Crippen molar-refractivity contribution < 1.29 is 0 Å². The monoisotopic (exact) mass is 292 g/mol. The maximum Gasteiger partial charge on any atom is 0.160 e. The van der Waals surface area contributed by atoms with Gasteiger partial charge in [-0.3, -0.25) is 0 Å². The molecule has 0 aliphatic carbocycles. The molecule has 0 amide bonds. The maximum absolute atomic E-state index is 2.86. The lowest BCUT2D eigenvalue weighted by Crippen LogP contribution is -2.60. The van der Waals surface area contributed by atoms with Crippen LogP contribution in [0.4, 0.5) is 0 Å². The molecular weight excluding hydrogens is 264 g/mol. The van der Waals surface area contributed by atoms with Crippen LogP contribution in [0.3, 0.4) is 0 Å². The second-order valence-electron chi connectivity index (χ2n) is 4.51. The van der Waals surface area contributed by atoms with Gasteiger partial charge in [-0.2, -0.15) is 0 Å². The van der Waals surface area contributed by atoms with Gasteiger partial charge in [-0.05, 0) is 26.2 Å². The van der Waals surface area contributed by atoms with E-state index < -0.39 is 0 Å². The molecule has 1 fully saturated rings. The van der Waals surface area contributed by atoms with Gasteiger partial charge in [0, 0.05) is 0 Å². The number of hydrogen-bond donors (Lipinski definition) is 0. The third-order valence-corrected chi connectivity index (χ3v) is 15.0. The van der Waals surface area contributed by atoms with Gasteiger partial charge in [0.2, 0.25) is 0 Å². The Bertz CT molecular complexity index is 149. The van der Waals surface area contributed by atoms with E-state index in [1.54, 1.807) is 0 Å². The number of rotatable bonds is 4. The highest BCUT2D eigenvalue weighted by Gasteiger charge is 2.21. The molecule has 4 nitrogen and oxygen atoms in total. The second-order valence-corrected chi connectivity index (χ2v) is 16.4. The SMILES string of the molecule is CCN1[SiH2]N(CC)[SiH2]N(CC)[SiH2]N(CC)[SiH2]1. The molecule has 0 aromatic heterocycles. The Balaban J connectivity index is 2.61. The third kappa shape index (κ3) is 4.53. The lowest BCUT2D eigenvalue weighted by Gasteiger charge is -2.40. The summed E-state index contributed by atoms with van der Waals surface area (Å²) in [5, 5.41) is 0. The molecule has 96 valence electrons. The zero-order valence-electron chi connectivity index (χ0n) is 11.4. The van der Waals surface area contributed by atoms with Crippen LogP contribution < -0.4 is 0 Å². The van der Waals surface area contributed by atoms with Crippen LogP contribution in [0.15, 0.2) is 0 Å². The van der Waals surface area contributed by atoms with Gasteiger partial charge in [-0.25, -0.2) is 0 Å². The van der Waals surface area contributed by atoms with Gasteiger partial charge in [-0.1, -0.05) is 27.7 Å². The van der Waals surface area contributed by atoms with Crippen molar-refractivity contribution in [3.8, 4) is 0 Å². The van der Waals surface area contributed by atoms with Crippen LogP contribution in [-0.4, -0.2) is 82.5 Å². The lowest BCUT2D eigenvalue weighted by atomic mass is 10.8. The molecule has 1 saturated heterocycles. The van der Waals surface area contributed by atoms with E-state index in [4.69, 9.17) is 0 Å². The van der Waals surface area contributed by atoms with Crippen molar-refractivity contribution in [3.63, 3.8) is 0 Å². The summed E-state index contributed by atoms with van der Waals surface area (Å²) in [5.41, 5.74) is 0. The normalized spacial score (nSPS) is 29.2. The summed E-state index contributed by atoms with van der Waals surface area (Å²) in [5.74, 6) is 0. The van der Waals surface area contributed by atoms with Crippen LogP contribution in [-0.2, 0) is 0 Å². The minimum Gasteiger partial charge on any atom is -0.332 e. The Morgan fingerprint density at radius 2 is 0.688 bits per heavy atom. The van der Waals surface area contributed by atoms with E-state index in [1.165, 1.54) is 26.2 Å². The first-order chi connectivity index (χ1) is 7.73. The predicted molar refractivity (Wildman–Crippen MR) is 83.7 cm³/mol. The molecule has 0 saturated carbocycles. The average molecular weight is 293 g/mol. The number of nitrogens with zero attached hydrogens (tertiary/aromatic N) is 4. The Labute approximate surface area is 110 Å². The van der Waals surface area contributed by atoms with Crippen LogP contribution in [0, 0.1) is 0 Å². The first-order valence-electron chi connectivity index (χ1n) is 6.62. The topological polar surface area (TPSA) is 13.0 Å². The molecule has 0 spiro atoms. The Morgan fingerprint density at radius 1 is 0.500 bits per heavy atom. The smallest absolute Gasteiger partial charge is 0.160 e. The highest BCUT2D eigenvalue weighted by molar-refractivity contribution is 6.64. The zero-order chi connectivity index (χ0) is 12.0. The van der Waals surface area contributed by atoms with E-state index in [-0.39, 0.29) is 39.4 Å². The molecule has 1 aliphatic rings. The number of hydrogen-bond acceptors (Lipinski definition) is 4. The van der Waals surface area contributed by atoms with Crippen molar-refractivity contribution in [1.29, 1.82) is 0 Å². The molecule has 0 N–H and O–H groups in total. The van der Waals surface area contributed by atoms with Gasteiger partial charge < -0.3 is 16.9 Å². The fraction of sp³-hybridized carbons (Fsp3) is 1.00. The average Bonchev–Trinajstić information content (AvgIpc) is 2.29. The van der Waals surface area contributed by atoms with Gasteiger partial charge >= 0.3 is 0 Å². The van der Waals surface area contributed by atoms with Gasteiger partial charge in [0.1, 0.15) is 0 Å². The van der Waals surface area contributed by atoms with Crippen molar-refractivity contribution >= 4 is 39.4 Å². The van der Waals surface area contributed by atoms with E-state index >= 15 is 0 Å². The van der Waals surface area contributed by atoms with Crippen molar-refractivity contribution in [2.45, 2.75) is 27.7 Å². The van der Waals surface area contributed by atoms with Crippen LogP contribution in [0.1, 0.15) is 27.7 Å². The van der Waals surface area contributed by atoms with E-state index in [0.29, 0.717) is 0 Å².